The summed E-state index contributed by atoms with van der Waals surface area (Å²) >= 11 is 0. The second kappa shape index (κ2) is 6.21. The minimum Gasteiger partial charge on any atom is -0.446 e. The van der Waals surface area contributed by atoms with E-state index in [9.17, 15) is 22.8 Å². The molecule has 1 fully saturated rings. The molecule has 0 aromatic heterocycles. The Morgan fingerprint density at radius 1 is 1.41 bits per heavy atom. The number of carbonyl (C=O) groups is 2. The first-order valence-electron chi connectivity index (χ1n) is 6.57. The Labute approximate surface area is 125 Å². The summed E-state index contributed by atoms with van der Waals surface area (Å²) in [5.74, 6) is -2.93. The smallest absolute Gasteiger partial charge is 0.417 e. The van der Waals surface area contributed by atoms with Gasteiger partial charge in [0.15, 0.2) is 0 Å². The van der Waals surface area contributed by atoms with Gasteiger partial charge in [-0.25, -0.2) is 9.69 Å². The van der Waals surface area contributed by atoms with E-state index >= 15 is 0 Å². The Hall–Kier alpha value is -2.31. The number of carbonyl (C=O) groups excluding carboxylic acids is 2. The fourth-order valence-corrected chi connectivity index (χ4v) is 2.24. The normalized spacial score (nSPS) is 19.7. The SMILES string of the molecule is C=CC(CC(=O)N1C(=O)OC[C@@H]1c1ccccc1)C(F)(F)F. The lowest BCUT2D eigenvalue weighted by Crippen LogP contribution is -2.37. The van der Waals surface area contributed by atoms with Gasteiger partial charge < -0.3 is 4.74 Å². The molecule has 118 valence electrons. The number of cyclic esters (lactones) is 1. The molecule has 0 aliphatic carbocycles. The van der Waals surface area contributed by atoms with Crippen LogP contribution in [0.4, 0.5) is 18.0 Å². The van der Waals surface area contributed by atoms with Gasteiger partial charge in [-0.15, -0.1) is 6.58 Å². The summed E-state index contributed by atoms with van der Waals surface area (Å²) in [6.45, 7) is 3.03. The fraction of sp³-hybridized carbons (Fsp3) is 0.333. The van der Waals surface area contributed by atoms with Crippen LogP contribution >= 0.6 is 0 Å². The molecule has 22 heavy (non-hydrogen) atoms. The molecule has 1 heterocycles. The third-order valence-corrected chi connectivity index (χ3v) is 3.43. The number of hydrogen-bond donors (Lipinski definition) is 0. The average molecular weight is 313 g/mol. The highest BCUT2D eigenvalue weighted by molar-refractivity contribution is 5.94. The molecule has 1 saturated heterocycles. The number of imide groups is 1. The number of amides is 2. The van der Waals surface area contributed by atoms with Crippen LogP contribution in [0.15, 0.2) is 43.0 Å². The Balaban J connectivity index is 2.19. The van der Waals surface area contributed by atoms with Gasteiger partial charge in [-0.3, -0.25) is 4.79 Å². The number of halogens is 3. The lowest BCUT2D eigenvalue weighted by atomic mass is 10.0. The van der Waals surface area contributed by atoms with Gasteiger partial charge in [-0.05, 0) is 5.56 Å². The van der Waals surface area contributed by atoms with Gasteiger partial charge in [-0.2, -0.15) is 13.2 Å². The molecule has 0 saturated carbocycles. The molecule has 0 spiro atoms. The van der Waals surface area contributed by atoms with E-state index in [2.05, 4.69) is 6.58 Å². The van der Waals surface area contributed by atoms with Gasteiger partial charge >= 0.3 is 12.3 Å². The predicted octanol–water partition coefficient (Wildman–Crippen LogP) is 3.46. The summed E-state index contributed by atoms with van der Waals surface area (Å²) in [4.78, 5) is 24.6. The molecular weight excluding hydrogens is 299 g/mol. The van der Waals surface area contributed by atoms with Crippen molar-refractivity contribution in [2.75, 3.05) is 6.61 Å². The molecule has 1 aromatic rings. The van der Waals surface area contributed by atoms with E-state index in [1.54, 1.807) is 30.3 Å². The second-order valence-corrected chi connectivity index (χ2v) is 4.86. The minimum atomic E-state index is -4.58. The maximum atomic E-state index is 12.7. The van der Waals surface area contributed by atoms with Crippen LogP contribution in [-0.2, 0) is 9.53 Å². The standard InChI is InChI=1S/C15H14F3NO3/c1-2-11(15(16,17)18)8-13(20)19-12(9-22-14(19)21)10-6-4-3-5-7-10/h2-7,11-12H,1,8-9H2/t11?,12-/m1/s1. The zero-order chi connectivity index (χ0) is 16.3. The second-order valence-electron chi connectivity index (χ2n) is 4.86. The van der Waals surface area contributed by atoms with Gasteiger partial charge in [0.2, 0.25) is 5.91 Å². The first-order valence-corrected chi connectivity index (χ1v) is 6.57. The lowest BCUT2D eigenvalue weighted by molar-refractivity contribution is -0.168. The first-order chi connectivity index (χ1) is 10.3. The summed E-state index contributed by atoms with van der Waals surface area (Å²) < 4.78 is 43.0. The maximum absolute atomic E-state index is 12.7. The fourth-order valence-electron chi connectivity index (χ4n) is 2.24. The third kappa shape index (κ3) is 3.29. The number of nitrogens with zero attached hydrogens (tertiary/aromatic N) is 1. The van der Waals surface area contributed by atoms with Crippen LogP contribution in [0.25, 0.3) is 0 Å². The molecule has 2 amide bonds. The number of benzene rings is 1. The van der Waals surface area contributed by atoms with Crippen molar-refractivity contribution in [3.63, 3.8) is 0 Å². The van der Waals surface area contributed by atoms with E-state index < -0.39 is 36.6 Å². The number of ether oxygens (including phenoxy) is 1. The number of hydrogen-bond acceptors (Lipinski definition) is 3. The van der Waals surface area contributed by atoms with E-state index in [-0.39, 0.29) is 6.61 Å². The molecule has 4 nitrogen and oxygen atoms in total. The number of allylic oxidation sites excluding steroid dienone is 1. The largest absolute Gasteiger partial charge is 0.446 e. The monoisotopic (exact) mass is 313 g/mol. The van der Waals surface area contributed by atoms with Crippen LogP contribution in [0.3, 0.4) is 0 Å². The van der Waals surface area contributed by atoms with Crippen molar-refractivity contribution >= 4 is 12.0 Å². The van der Waals surface area contributed by atoms with Crippen molar-refractivity contribution in [1.82, 2.24) is 4.90 Å². The van der Waals surface area contributed by atoms with Crippen molar-refractivity contribution in [1.29, 1.82) is 0 Å². The Bertz CT molecular complexity index is 571. The van der Waals surface area contributed by atoms with Gasteiger partial charge in [0.05, 0.1) is 5.92 Å². The Morgan fingerprint density at radius 3 is 2.59 bits per heavy atom. The highest BCUT2D eigenvalue weighted by atomic mass is 19.4. The van der Waals surface area contributed by atoms with Crippen LogP contribution in [0.5, 0.6) is 0 Å². The Kier molecular flexibility index (Phi) is 4.54. The van der Waals surface area contributed by atoms with Crippen LogP contribution in [0, 0.1) is 5.92 Å². The van der Waals surface area contributed by atoms with E-state index in [0.717, 1.165) is 4.90 Å². The summed E-state index contributed by atoms with van der Waals surface area (Å²) in [7, 11) is 0. The molecule has 1 aromatic carbocycles. The van der Waals surface area contributed by atoms with Crippen molar-refractivity contribution in [2.24, 2.45) is 5.92 Å². The highest BCUT2D eigenvalue weighted by Gasteiger charge is 2.44. The van der Waals surface area contributed by atoms with E-state index in [4.69, 9.17) is 4.74 Å². The van der Waals surface area contributed by atoms with E-state index in [1.165, 1.54) is 0 Å². The molecule has 2 rings (SSSR count). The zero-order valence-corrected chi connectivity index (χ0v) is 11.5. The van der Waals surface area contributed by atoms with Gasteiger partial charge in [0.1, 0.15) is 12.6 Å². The quantitative estimate of drug-likeness (QED) is 0.800. The minimum absolute atomic E-state index is 0.0701. The Morgan fingerprint density at radius 2 is 2.05 bits per heavy atom. The van der Waals surface area contributed by atoms with Crippen molar-refractivity contribution < 1.29 is 27.5 Å². The number of rotatable bonds is 4. The molecule has 2 atom stereocenters. The molecular formula is C15H14F3NO3. The summed E-state index contributed by atoms with van der Waals surface area (Å²) in [6, 6.07) is 7.83. The van der Waals surface area contributed by atoms with E-state index in [1.807, 2.05) is 0 Å². The lowest BCUT2D eigenvalue weighted by Gasteiger charge is -2.22. The molecule has 1 aliphatic heterocycles. The number of alkyl halides is 3. The average Bonchev–Trinajstić information content (AvgIpc) is 2.86. The molecule has 0 radical (unpaired) electrons. The summed E-state index contributed by atoms with van der Waals surface area (Å²) in [5.41, 5.74) is 0.629. The summed E-state index contributed by atoms with van der Waals surface area (Å²) in [6.07, 6.45) is -5.71. The molecule has 0 bridgehead atoms. The molecule has 7 heteroatoms. The van der Waals surface area contributed by atoms with Crippen molar-refractivity contribution in [3.05, 3.63) is 48.6 Å². The topological polar surface area (TPSA) is 46.6 Å². The first kappa shape index (κ1) is 16.1. The van der Waals surface area contributed by atoms with Gasteiger partial charge in [0, 0.05) is 6.42 Å². The zero-order valence-electron chi connectivity index (χ0n) is 11.5. The van der Waals surface area contributed by atoms with Crippen LogP contribution in [0.2, 0.25) is 0 Å². The van der Waals surface area contributed by atoms with Gasteiger partial charge in [-0.1, -0.05) is 36.4 Å². The maximum Gasteiger partial charge on any atom is 0.417 e. The highest BCUT2D eigenvalue weighted by Crippen LogP contribution is 2.33. The molecule has 0 N–H and O–H groups in total. The van der Waals surface area contributed by atoms with Crippen molar-refractivity contribution in [2.45, 2.75) is 18.6 Å². The van der Waals surface area contributed by atoms with Crippen LogP contribution < -0.4 is 0 Å². The van der Waals surface area contributed by atoms with Gasteiger partial charge in [0.25, 0.3) is 0 Å². The molecule has 1 aliphatic rings. The third-order valence-electron chi connectivity index (χ3n) is 3.43. The van der Waals surface area contributed by atoms with Crippen molar-refractivity contribution in [3.8, 4) is 0 Å². The van der Waals surface area contributed by atoms with E-state index in [0.29, 0.717) is 11.6 Å². The van der Waals surface area contributed by atoms with Crippen LogP contribution in [-0.4, -0.2) is 29.7 Å². The molecule has 1 unspecified atom stereocenters. The predicted molar refractivity (Wildman–Crippen MR) is 71.7 cm³/mol. The van der Waals surface area contributed by atoms with Crippen LogP contribution in [0.1, 0.15) is 18.0 Å². The summed E-state index contributed by atoms with van der Waals surface area (Å²) in [5, 5.41) is 0.